The van der Waals surface area contributed by atoms with Gasteiger partial charge in [-0.1, -0.05) is 0 Å². The van der Waals surface area contributed by atoms with Gasteiger partial charge >= 0.3 is 0 Å². The second kappa shape index (κ2) is 10.3. The Hall–Kier alpha value is -2.34. The number of nitrogens with one attached hydrogen (secondary N) is 1. The third kappa shape index (κ3) is 4.87. The molecule has 1 atom stereocenters. The SMILES string of the molecule is CCN(CC(=O)NC(C)C)C(=O)c1ccc2c(c1)c1c(n2C2CCC2)CCC(C2CCOCC2)C1. The summed E-state index contributed by atoms with van der Waals surface area (Å²) >= 11 is 0. The molecule has 6 nitrogen and oxygen atoms in total. The third-order valence-corrected chi connectivity index (χ3v) is 8.51. The highest BCUT2D eigenvalue weighted by Gasteiger charge is 2.34. The van der Waals surface area contributed by atoms with Crippen molar-refractivity contribution in [2.24, 2.45) is 11.8 Å². The fourth-order valence-corrected chi connectivity index (χ4v) is 6.45. The smallest absolute Gasteiger partial charge is 0.254 e. The van der Waals surface area contributed by atoms with Gasteiger partial charge in [-0.15, -0.1) is 0 Å². The van der Waals surface area contributed by atoms with Crippen LogP contribution >= 0.6 is 0 Å². The van der Waals surface area contributed by atoms with Gasteiger partial charge in [-0.05, 0) is 108 Å². The topological polar surface area (TPSA) is 63.6 Å². The van der Waals surface area contributed by atoms with Crippen molar-refractivity contribution in [3.8, 4) is 0 Å². The minimum Gasteiger partial charge on any atom is -0.381 e. The Morgan fingerprint density at radius 2 is 1.89 bits per heavy atom. The number of hydrogen-bond acceptors (Lipinski definition) is 3. The minimum atomic E-state index is -0.107. The lowest BCUT2D eigenvalue weighted by Gasteiger charge is -2.35. The van der Waals surface area contributed by atoms with Crippen LogP contribution in [0.4, 0.5) is 0 Å². The van der Waals surface area contributed by atoms with Gasteiger partial charge < -0.3 is 19.5 Å². The second-order valence-corrected chi connectivity index (χ2v) is 11.1. The van der Waals surface area contributed by atoms with E-state index >= 15 is 0 Å². The summed E-state index contributed by atoms with van der Waals surface area (Å²) in [5.74, 6) is 1.29. The Balaban J connectivity index is 1.46. The van der Waals surface area contributed by atoms with Crippen LogP contribution in [0.15, 0.2) is 18.2 Å². The van der Waals surface area contributed by atoms with Crippen LogP contribution in [0.3, 0.4) is 0 Å². The van der Waals surface area contributed by atoms with Crippen LogP contribution < -0.4 is 5.32 Å². The maximum absolute atomic E-state index is 13.5. The predicted octanol–water partition coefficient (Wildman–Crippen LogP) is 4.88. The van der Waals surface area contributed by atoms with Crippen LogP contribution in [0.2, 0.25) is 0 Å². The zero-order valence-corrected chi connectivity index (χ0v) is 21.6. The van der Waals surface area contributed by atoms with Crippen LogP contribution in [0.25, 0.3) is 10.9 Å². The maximum Gasteiger partial charge on any atom is 0.254 e. The van der Waals surface area contributed by atoms with Gasteiger partial charge in [0.2, 0.25) is 5.91 Å². The zero-order valence-electron chi connectivity index (χ0n) is 21.6. The molecule has 1 N–H and O–H groups in total. The maximum atomic E-state index is 13.5. The van der Waals surface area contributed by atoms with Gasteiger partial charge in [0.25, 0.3) is 5.91 Å². The van der Waals surface area contributed by atoms with Crippen molar-refractivity contribution in [3.05, 3.63) is 35.0 Å². The van der Waals surface area contributed by atoms with E-state index in [-0.39, 0.29) is 24.4 Å². The quantitative estimate of drug-likeness (QED) is 0.615. The molecule has 2 amide bonds. The normalized spacial score (nSPS) is 21.1. The first-order valence-electron chi connectivity index (χ1n) is 13.8. The lowest BCUT2D eigenvalue weighted by Crippen LogP contribution is -2.42. The largest absolute Gasteiger partial charge is 0.381 e. The number of likely N-dealkylation sites (N-methyl/N-ethyl adjacent to an activating group) is 1. The van der Waals surface area contributed by atoms with Gasteiger partial charge in [0.05, 0.1) is 6.54 Å². The summed E-state index contributed by atoms with van der Waals surface area (Å²) in [6, 6.07) is 6.94. The Bertz CT molecular complexity index is 1080. The van der Waals surface area contributed by atoms with Crippen LogP contribution in [0.5, 0.6) is 0 Å². The first-order chi connectivity index (χ1) is 17.0. The van der Waals surface area contributed by atoms with Crippen molar-refractivity contribution in [2.45, 2.75) is 84.2 Å². The van der Waals surface area contributed by atoms with E-state index in [1.807, 2.05) is 26.8 Å². The molecule has 2 aliphatic carbocycles. The summed E-state index contributed by atoms with van der Waals surface area (Å²) in [7, 11) is 0. The van der Waals surface area contributed by atoms with Gasteiger partial charge in [0.15, 0.2) is 0 Å². The number of carbonyl (C=O) groups excluding carboxylic acids is 2. The van der Waals surface area contributed by atoms with E-state index in [0.717, 1.165) is 32.0 Å². The number of benzene rings is 1. The number of carbonyl (C=O) groups is 2. The minimum absolute atomic E-state index is 0.0600. The number of hydrogen-bond donors (Lipinski definition) is 1. The Morgan fingerprint density at radius 3 is 2.54 bits per heavy atom. The summed E-state index contributed by atoms with van der Waals surface area (Å²) < 4.78 is 8.26. The van der Waals surface area contributed by atoms with E-state index in [1.165, 1.54) is 60.7 Å². The van der Waals surface area contributed by atoms with E-state index in [1.54, 1.807) is 4.90 Å². The second-order valence-electron chi connectivity index (χ2n) is 11.1. The van der Waals surface area contributed by atoms with E-state index in [9.17, 15) is 9.59 Å². The lowest BCUT2D eigenvalue weighted by molar-refractivity contribution is -0.122. The Labute approximate surface area is 209 Å². The molecule has 2 fully saturated rings. The summed E-state index contributed by atoms with van der Waals surface area (Å²) in [6.45, 7) is 8.21. The molecular weight excluding hydrogens is 438 g/mol. The van der Waals surface area contributed by atoms with Gasteiger partial charge in [-0.3, -0.25) is 9.59 Å². The summed E-state index contributed by atoms with van der Waals surface area (Å²) in [4.78, 5) is 27.5. The molecule has 1 aromatic heterocycles. The standard InChI is InChI=1S/C29H41N3O3/c1-4-31(18-28(33)30-19(2)3)29(34)22-9-11-27-25(17-22)24-16-21(20-12-14-35-15-13-20)8-10-26(24)32(27)23-6-5-7-23/h9,11,17,19-21,23H,4-8,10,12-16,18H2,1-3H3,(H,30,33). The van der Waals surface area contributed by atoms with Gasteiger partial charge in [-0.25, -0.2) is 0 Å². The molecule has 190 valence electrons. The Morgan fingerprint density at radius 1 is 1.11 bits per heavy atom. The van der Waals surface area contributed by atoms with Crippen molar-refractivity contribution in [2.75, 3.05) is 26.3 Å². The summed E-state index contributed by atoms with van der Waals surface area (Å²) in [5.41, 5.74) is 4.98. The van der Waals surface area contributed by atoms with Crippen molar-refractivity contribution in [1.29, 1.82) is 0 Å². The molecule has 1 aromatic carbocycles. The molecule has 0 bridgehead atoms. The van der Waals surface area contributed by atoms with Gasteiger partial charge in [-0.2, -0.15) is 0 Å². The average molecular weight is 480 g/mol. The number of aromatic nitrogens is 1. The van der Waals surface area contributed by atoms with E-state index in [4.69, 9.17) is 4.74 Å². The van der Waals surface area contributed by atoms with Crippen molar-refractivity contribution < 1.29 is 14.3 Å². The number of amides is 2. The van der Waals surface area contributed by atoms with Crippen LogP contribution in [-0.2, 0) is 22.4 Å². The highest BCUT2D eigenvalue weighted by atomic mass is 16.5. The summed E-state index contributed by atoms with van der Waals surface area (Å²) in [6.07, 6.45) is 9.70. The molecule has 2 aromatic rings. The van der Waals surface area contributed by atoms with Crippen molar-refractivity contribution in [1.82, 2.24) is 14.8 Å². The van der Waals surface area contributed by atoms with Crippen molar-refractivity contribution >= 4 is 22.7 Å². The van der Waals surface area contributed by atoms with Gasteiger partial charge in [0.1, 0.15) is 0 Å². The molecule has 35 heavy (non-hydrogen) atoms. The molecule has 6 heteroatoms. The zero-order chi connectivity index (χ0) is 24.5. The monoisotopic (exact) mass is 479 g/mol. The highest BCUT2D eigenvalue weighted by molar-refractivity contribution is 6.00. The number of fused-ring (bicyclic) bond motifs is 3. The molecule has 1 unspecified atom stereocenters. The fourth-order valence-electron chi connectivity index (χ4n) is 6.45. The van der Waals surface area contributed by atoms with Gasteiger partial charge in [0, 0.05) is 54.0 Å². The van der Waals surface area contributed by atoms with Crippen LogP contribution in [0, 0.1) is 11.8 Å². The molecule has 0 radical (unpaired) electrons. The first-order valence-corrected chi connectivity index (χ1v) is 13.8. The molecule has 1 saturated carbocycles. The third-order valence-electron chi connectivity index (χ3n) is 8.51. The van der Waals surface area contributed by atoms with E-state index in [0.29, 0.717) is 24.1 Å². The van der Waals surface area contributed by atoms with Crippen LogP contribution in [-0.4, -0.2) is 53.6 Å². The number of nitrogens with zero attached hydrogens (tertiary/aromatic N) is 2. The molecule has 0 spiro atoms. The molecule has 3 aliphatic rings. The lowest BCUT2D eigenvalue weighted by atomic mass is 9.75. The highest BCUT2D eigenvalue weighted by Crippen LogP contribution is 2.44. The Kier molecular flexibility index (Phi) is 7.19. The van der Waals surface area contributed by atoms with Crippen molar-refractivity contribution in [3.63, 3.8) is 0 Å². The van der Waals surface area contributed by atoms with Crippen LogP contribution in [0.1, 0.15) is 87.0 Å². The molecule has 1 aliphatic heterocycles. The number of rotatable bonds is 7. The number of ether oxygens (including phenoxy) is 1. The molecule has 1 saturated heterocycles. The first kappa shape index (κ1) is 24.4. The summed E-state index contributed by atoms with van der Waals surface area (Å²) in [5, 5.41) is 4.17. The fraction of sp³-hybridized carbons (Fsp3) is 0.655. The molecular formula is C29H41N3O3. The molecule has 2 heterocycles. The molecule has 5 rings (SSSR count). The van der Waals surface area contributed by atoms with E-state index < -0.39 is 0 Å². The average Bonchev–Trinajstić information content (AvgIpc) is 3.14. The predicted molar refractivity (Wildman–Crippen MR) is 139 cm³/mol. The van der Waals surface area contributed by atoms with E-state index in [2.05, 4.69) is 22.0 Å².